The van der Waals surface area contributed by atoms with Crippen molar-refractivity contribution in [1.29, 1.82) is 0 Å². The van der Waals surface area contributed by atoms with Gasteiger partial charge >= 0.3 is 6.03 Å². The Kier molecular flexibility index (Phi) is 6.56. The van der Waals surface area contributed by atoms with Crippen LogP contribution >= 0.6 is 0 Å². The highest BCUT2D eigenvalue weighted by Crippen LogP contribution is 2.34. The van der Waals surface area contributed by atoms with Crippen molar-refractivity contribution in [2.24, 2.45) is 5.92 Å². The van der Waals surface area contributed by atoms with E-state index < -0.39 is 39.8 Å². The standard InChI is InChI=1S/C23H27N5O5S/c1-34(32,33)26-21(29)20-18(12-15-9-10-25-19(24)13-15)22(30)28(20)23(31)27-11-5-8-17(14-27)16-6-3-2-4-7-16/h2-4,6-7,9-10,13,17-18,20H,5,8,11-12,14H2,1H3,(H2,24,25)(H,26,29)/t17-,18+,20-/m0/s1. The van der Waals surface area contributed by atoms with Crippen molar-refractivity contribution in [1.82, 2.24) is 19.5 Å². The minimum absolute atomic E-state index is 0.120. The summed E-state index contributed by atoms with van der Waals surface area (Å²) in [5, 5.41) is 0. The zero-order valence-corrected chi connectivity index (χ0v) is 19.6. The van der Waals surface area contributed by atoms with Gasteiger partial charge in [-0.05, 0) is 42.5 Å². The summed E-state index contributed by atoms with van der Waals surface area (Å²) in [6.07, 6.45) is 4.13. The molecule has 2 saturated heterocycles. The lowest BCUT2D eigenvalue weighted by Crippen LogP contribution is -2.71. The number of pyridine rings is 1. The average molecular weight is 486 g/mol. The van der Waals surface area contributed by atoms with Gasteiger partial charge in [0, 0.05) is 25.2 Å². The number of carbonyl (C=O) groups is 3. The van der Waals surface area contributed by atoms with Crippen molar-refractivity contribution in [3.8, 4) is 0 Å². The molecule has 0 unspecified atom stereocenters. The fourth-order valence-electron chi connectivity index (χ4n) is 4.68. The molecule has 11 heteroatoms. The fourth-order valence-corrected chi connectivity index (χ4v) is 5.17. The lowest BCUT2D eigenvalue weighted by atomic mass is 9.82. The van der Waals surface area contributed by atoms with E-state index in [1.165, 1.54) is 6.20 Å². The molecular weight excluding hydrogens is 458 g/mol. The molecule has 1 aromatic heterocycles. The van der Waals surface area contributed by atoms with Crippen LogP contribution in [0.5, 0.6) is 0 Å². The maximum atomic E-state index is 13.4. The Bertz CT molecular complexity index is 1200. The molecule has 0 radical (unpaired) electrons. The molecule has 4 rings (SSSR count). The summed E-state index contributed by atoms with van der Waals surface area (Å²) in [6, 6.07) is 11.3. The maximum Gasteiger partial charge on any atom is 0.327 e. The average Bonchev–Trinajstić information content (AvgIpc) is 2.80. The molecule has 2 aliphatic rings. The Morgan fingerprint density at radius 3 is 2.62 bits per heavy atom. The number of nitrogens with zero attached hydrogens (tertiary/aromatic N) is 3. The predicted octanol–water partition coefficient (Wildman–Crippen LogP) is 1.11. The monoisotopic (exact) mass is 485 g/mol. The van der Waals surface area contributed by atoms with E-state index in [2.05, 4.69) is 4.98 Å². The van der Waals surface area contributed by atoms with E-state index in [0.29, 0.717) is 18.7 Å². The Balaban J connectivity index is 1.55. The molecule has 2 fully saturated rings. The molecule has 3 atom stereocenters. The molecule has 3 heterocycles. The highest BCUT2D eigenvalue weighted by atomic mass is 32.2. The second-order valence-corrected chi connectivity index (χ2v) is 10.5. The zero-order chi connectivity index (χ0) is 24.5. The number of benzene rings is 1. The van der Waals surface area contributed by atoms with E-state index in [4.69, 9.17) is 5.73 Å². The number of urea groups is 1. The zero-order valence-electron chi connectivity index (χ0n) is 18.8. The third kappa shape index (κ3) is 5.04. The fraction of sp³-hybridized carbons (Fsp3) is 0.391. The summed E-state index contributed by atoms with van der Waals surface area (Å²) in [6.45, 7) is 0.872. The molecule has 2 aromatic rings. The topological polar surface area (TPSA) is 143 Å². The minimum atomic E-state index is -3.88. The number of hydrogen-bond donors (Lipinski definition) is 2. The molecule has 180 valence electrons. The third-order valence-corrected chi connectivity index (χ3v) is 6.81. The highest BCUT2D eigenvalue weighted by molar-refractivity contribution is 7.89. The first-order valence-corrected chi connectivity index (χ1v) is 12.9. The number of anilines is 1. The van der Waals surface area contributed by atoms with Gasteiger partial charge in [0.2, 0.25) is 15.9 Å². The Morgan fingerprint density at radius 2 is 1.94 bits per heavy atom. The number of aromatic nitrogens is 1. The van der Waals surface area contributed by atoms with Gasteiger partial charge in [0.05, 0.1) is 12.2 Å². The summed E-state index contributed by atoms with van der Waals surface area (Å²) in [4.78, 5) is 45.7. The molecule has 10 nitrogen and oxygen atoms in total. The minimum Gasteiger partial charge on any atom is -0.384 e. The van der Waals surface area contributed by atoms with Crippen molar-refractivity contribution in [2.45, 2.75) is 31.2 Å². The number of amides is 4. The van der Waals surface area contributed by atoms with Gasteiger partial charge in [0.25, 0.3) is 5.91 Å². The molecule has 3 N–H and O–H groups in total. The third-order valence-electron chi connectivity index (χ3n) is 6.24. The second-order valence-electron chi connectivity index (χ2n) is 8.77. The van der Waals surface area contributed by atoms with Gasteiger partial charge in [-0.1, -0.05) is 30.3 Å². The number of likely N-dealkylation sites (tertiary alicyclic amines) is 2. The van der Waals surface area contributed by atoms with Crippen LogP contribution in [0.3, 0.4) is 0 Å². The lowest BCUT2D eigenvalue weighted by Gasteiger charge is -2.47. The van der Waals surface area contributed by atoms with Crippen molar-refractivity contribution < 1.29 is 22.8 Å². The van der Waals surface area contributed by atoms with E-state index in [1.54, 1.807) is 17.0 Å². The van der Waals surface area contributed by atoms with Crippen molar-refractivity contribution in [3.63, 3.8) is 0 Å². The number of nitrogen functional groups attached to an aromatic ring is 1. The first kappa shape index (κ1) is 23.7. The molecule has 0 saturated carbocycles. The van der Waals surface area contributed by atoms with Crippen LogP contribution in [0.2, 0.25) is 0 Å². The largest absolute Gasteiger partial charge is 0.384 e. The van der Waals surface area contributed by atoms with Crippen LogP contribution < -0.4 is 10.5 Å². The van der Waals surface area contributed by atoms with Crippen LogP contribution in [0.1, 0.15) is 29.9 Å². The number of nitrogens with two attached hydrogens (primary N) is 1. The quantitative estimate of drug-likeness (QED) is 0.604. The van der Waals surface area contributed by atoms with Crippen LogP contribution in [-0.2, 0) is 26.0 Å². The summed E-state index contributed by atoms with van der Waals surface area (Å²) < 4.78 is 25.3. The number of hydrogen-bond acceptors (Lipinski definition) is 7. The summed E-state index contributed by atoms with van der Waals surface area (Å²) in [5.41, 5.74) is 7.48. The van der Waals surface area contributed by atoms with Gasteiger partial charge in [-0.25, -0.2) is 18.2 Å². The van der Waals surface area contributed by atoms with Gasteiger partial charge in [-0.2, -0.15) is 0 Å². The number of piperidine rings is 1. The molecule has 4 amide bonds. The second kappa shape index (κ2) is 9.41. The highest BCUT2D eigenvalue weighted by Gasteiger charge is 2.55. The van der Waals surface area contributed by atoms with Gasteiger partial charge in [-0.3, -0.25) is 19.2 Å². The molecule has 0 spiro atoms. The Morgan fingerprint density at radius 1 is 1.21 bits per heavy atom. The molecule has 0 aliphatic carbocycles. The van der Waals surface area contributed by atoms with Gasteiger partial charge in [0.15, 0.2) is 0 Å². The number of nitrogens with one attached hydrogen (secondary N) is 1. The number of β-lactam (4-membered cyclic amide) rings is 1. The van der Waals surface area contributed by atoms with E-state index in [9.17, 15) is 22.8 Å². The van der Waals surface area contributed by atoms with E-state index in [-0.39, 0.29) is 18.2 Å². The molecular formula is C23H27N5O5S. The first-order chi connectivity index (χ1) is 16.1. The summed E-state index contributed by atoms with van der Waals surface area (Å²) in [5.74, 6) is -1.93. The molecule has 34 heavy (non-hydrogen) atoms. The number of rotatable bonds is 5. The van der Waals surface area contributed by atoms with Crippen LogP contribution in [0, 0.1) is 5.92 Å². The van der Waals surface area contributed by atoms with Crippen LogP contribution in [0.25, 0.3) is 0 Å². The van der Waals surface area contributed by atoms with Crippen LogP contribution in [-0.4, -0.2) is 66.4 Å². The smallest absolute Gasteiger partial charge is 0.327 e. The maximum absolute atomic E-state index is 13.4. The predicted molar refractivity (Wildman–Crippen MR) is 125 cm³/mol. The molecule has 0 bridgehead atoms. The first-order valence-electron chi connectivity index (χ1n) is 11.0. The van der Waals surface area contributed by atoms with Gasteiger partial charge in [-0.15, -0.1) is 0 Å². The molecule has 1 aromatic carbocycles. The Hall–Kier alpha value is -3.47. The molecule has 2 aliphatic heterocycles. The van der Waals surface area contributed by atoms with Crippen molar-refractivity contribution in [3.05, 3.63) is 59.8 Å². The lowest BCUT2D eigenvalue weighted by molar-refractivity contribution is -0.157. The van der Waals surface area contributed by atoms with Crippen molar-refractivity contribution in [2.75, 3.05) is 25.1 Å². The summed E-state index contributed by atoms with van der Waals surface area (Å²) >= 11 is 0. The van der Waals surface area contributed by atoms with Crippen molar-refractivity contribution >= 4 is 33.7 Å². The normalized spacial score (nSPS) is 22.7. The summed E-state index contributed by atoms with van der Waals surface area (Å²) in [7, 11) is -3.88. The number of carbonyl (C=O) groups excluding carboxylic acids is 3. The number of sulfonamides is 1. The number of imide groups is 1. The van der Waals surface area contributed by atoms with Crippen LogP contribution in [0.4, 0.5) is 10.6 Å². The van der Waals surface area contributed by atoms with E-state index in [1.807, 2.05) is 35.1 Å². The van der Waals surface area contributed by atoms with E-state index in [0.717, 1.165) is 29.6 Å². The van der Waals surface area contributed by atoms with E-state index >= 15 is 0 Å². The van der Waals surface area contributed by atoms with Gasteiger partial charge in [0.1, 0.15) is 11.9 Å². The Labute approximate surface area is 198 Å². The van der Waals surface area contributed by atoms with Gasteiger partial charge < -0.3 is 10.6 Å². The van der Waals surface area contributed by atoms with Crippen LogP contribution in [0.15, 0.2) is 48.7 Å². The SMILES string of the molecule is CS(=O)(=O)NC(=O)[C@@H]1[C@@H](Cc2ccnc(N)c2)C(=O)N1C(=O)N1CCC[C@H](c2ccccc2)C1.